The van der Waals surface area contributed by atoms with Crippen LogP contribution in [-0.2, 0) is 4.79 Å². The quantitative estimate of drug-likeness (QED) is 0.791. The van der Waals surface area contributed by atoms with Gasteiger partial charge >= 0.3 is 6.03 Å². The summed E-state index contributed by atoms with van der Waals surface area (Å²) in [5.41, 5.74) is 0.288. The minimum atomic E-state index is -0.461. The fourth-order valence-corrected chi connectivity index (χ4v) is 2.11. The summed E-state index contributed by atoms with van der Waals surface area (Å²) in [5, 5.41) is 2.65. The molecule has 0 aromatic heterocycles. The normalized spacial score (nSPS) is 24.1. The molecular formula is C12H11FN2O2. The van der Waals surface area contributed by atoms with E-state index < -0.39 is 17.9 Å². The number of imide groups is 1. The van der Waals surface area contributed by atoms with Gasteiger partial charge in [-0.2, -0.15) is 0 Å². The number of nitrogens with one attached hydrogen (secondary N) is 1. The third-order valence-electron chi connectivity index (χ3n) is 3.13. The van der Waals surface area contributed by atoms with Crippen LogP contribution in [-0.4, -0.2) is 18.0 Å². The van der Waals surface area contributed by atoms with Gasteiger partial charge in [0, 0.05) is 0 Å². The molecule has 1 saturated heterocycles. The summed E-state index contributed by atoms with van der Waals surface area (Å²) in [4.78, 5) is 24.8. The number of amides is 3. The second-order valence-electron chi connectivity index (χ2n) is 4.42. The van der Waals surface area contributed by atoms with Gasteiger partial charge in [0.05, 0.1) is 5.69 Å². The predicted octanol–water partition coefficient (Wildman–Crippen LogP) is 1.66. The first-order valence-corrected chi connectivity index (χ1v) is 5.57. The van der Waals surface area contributed by atoms with E-state index in [-0.39, 0.29) is 17.5 Å². The highest BCUT2D eigenvalue weighted by molar-refractivity contribution is 6.21. The predicted molar refractivity (Wildman–Crippen MR) is 58.9 cm³/mol. The molecule has 4 nitrogen and oxygen atoms in total. The Kier molecular flexibility index (Phi) is 2.14. The van der Waals surface area contributed by atoms with Crippen LogP contribution in [0.25, 0.3) is 0 Å². The molecule has 88 valence electrons. The molecule has 3 amide bonds. The van der Waals surface area contributed by atoms with Crippen molar-refractivity contribution in [3.63, 3.8) is 0 Å². The molecule has 1 atom stereocenters. The maximum atomic E-state index is 13.1. The van der Waals surface area contributed by atoms with Crippen molar-refractivity contribution in [3.05, 3.63) is 30.1 Å². The average Bonchev–Trinajstić information content (AvgIpc) is 3.06. The van der Waals surface area contributed by atoms with Crippen molar-refractivity contribution >= 4 is 17.6 Å². The molecule has 2 fully saturated rings. The Morgan fingerprint density at radius 1 is 1.29 bits per heavy atom. The maximum absolute atomic E-state index is 13.1. The number of urea groups is 1. The van der Waals surface area contributed by atoms with Crippen molar-refractivity contribution in [2.75, 3.05) is 4.90 Å². The van der Waals surface area contributed by atoms with Gasteiger partial charge in [0.1, 0.15) is 11.9 Å². The van der Waals surface area contributed by atoms with Crippen LogP contribution in [0, 0.1) is 11.7 Å². The Labute approximate surface area is 97.4 Å². The monoisotopic (exact) mass is 234 g/mol. The molecule has 1 heterocycles. The van der Waals surface area contributed by atoms with Crippen molar-refractivity contribution < 1.29 is 14.0 Å². The van der Waals surface area contributed by atoms with E-state index in [0.717, 1.165) is 17.7 Å². The number of hydrogen-bond donors (Lipinski definition) is 1. The third-order valence-corrected chi connectivity index (χ3v) is 3.13. The minimum absolute atomic E-state index is 0.255. The maximum Gasteiger partial charge on any atom is 0.329 e. The van der Waals surface area contributed by atoms with Crippen LogP contribution in [0.5, 0.6) is 0 Å². The lowest BCUT2D eigenvalue weighted by Gasteiger charge is -2.12. The van der Waals surface area contributed by atoms with E-state index in [9.17, 15) is 14.0 Å². The summed E-state index contributed by atoms with van der Waals surface area (Å²) in [5.74, 6) is -0.480. The molecule has 1 aromatic rings. The molecule has 5 heteroatoms. The average molecular weight is 234 g/mol. The first-order valence-electron chi connectivity index (χ1n) is 5.57. The molecule has 1 saturated carbocycles. The van der Waals surface area contributed by atoms with E-state index in [1.54, 1.807) is 6.07 Å². The van der Waals surface area contributed by atoms with Crippen molar-refractivity contribution in [1.82, 2.24) is 5.32 Å². The summed E-state index contributed by atoms with van der Waals surface area (Å²) < 4.78 is 13.1. The molecule has 17 heavy (non-hydrogen) atoms. The van der Waals surface area contributed by atoms with E-state index in [2.05, 4.69) is 5.32 Å². The fourth-order valence-electron chi connectivity index (χ4n) is 2.11. The van der Waals surface area contributed by atoms with E-state index in [0.29, 0.717) is 0 Å². The summed E-state index contributed by atoms with van der Waals surface area (Å²) in [7, 11) is 0. The summed E-state index contributed by atoms with van der Waals surface area (Å²) in [6, 6.07) is 4.61. The van der Waals surface area contributed by atoms with Crippen LogP contribution in [0.2, 0.25) is 0 Å². The standard InChI is InChI=1S/C12H11FN2O2/c13-8-2-1-3-9(6-8)15-11(16)10(7-4-5-7)14-12(15)17/h1-3,6-7,10H,4-5H2,(H,14,17). The zero-order valence-corrected chi connectivity index (χ0v) is 9.02. The third kappa shape index (κ3) is 1.67. The second-order valence-corrected chi connectivity index (χ2v) is 4.42. The van der Waals surface area contributed by atoms with Gasteiger partial charge in [-0.3, -0.25) is 4.79 Å². The second kappa shape index (κ2) is 3.55. The lowest BCUT2D eigenvalue weighted by Crippen LogP contribution is -2.32. The molecule has 0 spiro atoms. The highest BCUT2D eigenvalue weighted by atomic mass is 19.1. The zero-order valence-electron chi connectivity index (χ0n) is 9.02. The summed E-state index contributed by atoms with van der Waals surface area (Å²) in [6.07, 6.45) is 1.93. The van der Waals surface area contributed by atoms with Crippen molar-refractivity contribution in [2.45, 2.75) is 18.9 Å². The van der Waals surface area contributed by atoms with Crippen molar-refractivity contribution in [1.29, 1.82) is 0 Å². The highest BCUT2D eigenvalue weighted by Gasteiger charge is 2.46. The molecular weight excluding hydrogens is 223 g/mol. The Hall–Kier alpha value is -1.91. The van der Waals surface area contributed by atoms with Crippen molar-refractivity contribution in [3.8, 4) is 0 Å². The largest absolute Gasteiger partial charge is 0.329 e. The molecule has 1 N–H and O–H groups in total. The van der Waals surface area contributed by atoms with Gasteiger partial charge in [-0.05, 0) is 37.0 Å². The number of halogens is 1. The number of benzene rings is 1. The number of nitrogens with zero attached hydrogens (tertiary/aromatic N) is 1. The van der Waals surface area contributed by atoms with Gasteiger partial charge in [0.2, 0.25) is 0 Å². The van der Waals surface area contributed by atoms with Crippen LogP contribution in [0.15, 0.2) is 24.3 Å². The van der Waals surface area contributed by atoms with Gasteiger partial charge < -0.3 is 5.32 Å². The van der Waals surface area contributed by atoms with Crippen LogP contribution in [0.4, 0.5) is 14.9 Å². The molecule has 0 radical (unpaired) electrons. The number of anilines is 1. The first kappa shape index (κ1) is 10.3. The molecule has 0 bridgehead atoms. The lowest BCUT2D eigenvalue weighted by molar-refractivity contribution is -0.118. The summed E-state index contributed by atoms with van der Waals surface area (Å²) >= 11 is 0. The lowest BCUT2D eigenvalue weighted by atomic mass is 10.2. The number of carbonyl (C=O) groups is 2. The van der Waals surface area contributed by atoms with E-state index in [4.69, 9.17) is 0 Å². The Balaban J connectivity index is 1.92. The molecule has 1 aromatic carbocycles. The zero-order chi connectivity index (χ0) is 12.0. The van der Waals surface area contributed by atoms with Gasteiger partial charge in [-0.25, -0.2) is 14.1 Å². The van der Waals surface area contributed by atoms with Gasteiger partial charge in [-0.1, -0.05) is 6.07 Å². The van der Waals surface area contributed by atoms with E-state index in [1.807, 2.05) is 0 Å². The Bertz CT molecular complexity index is 499. The molecule has 1 unspecified atom stereocenters. The first-order chi connectivity index (χ1) is 8.16. The topological polar surface area (TPSA) is 49.4 Å². The van der Waals surface area contributed by atoms with E-state index in [1.165, 1.54) is 18.2 Å². The van der Waals surface area contributed by atoms with Crippen LogP contribution in [0.1, 0.15) is 12.8 Å². The van der Waals surface area contributed by atoms with E-state index >= 15 is 0 Å². The summed E-state index contributed by atoms with van der Waals surface area (Å²) in [6.45, 7) is 0. The Morgan fingerprint density at radius 3 is 2.71 bits per heavy atom. The smallest absolute Gasteiger partial charge is 0.325 e. The number of carbonyl (C=O) groups excluding carboxylic acids is 2. The van der Waals surface area contributed by atoms with Crippen molar-refractivity contribution in [2.24, 2.45) is 5.92 Å². The molecule has 1 aliphatic carbocycles. The fraction of sp³-hybridized carbons (Fsp3) is 0.333. The minimum Gasteiger partial charge on any atom is -0.325 e. The van der Waals surface area contributed by atoms with Gasteiger partial charge in [0.25, 0.3) is 5.91 Å². The van der Waals surface area contributed by atoms with Crippen LogP contribution in [0.3, 0.4) is 0 Å². The SMILES string of the molecule is O=C1NC(C2CC2)C(=O)N1c1cccc(F)c1. The Morgan fingerprint density at radius 2 is 2.06 bits per heavy atom. The van der Waals surface area contributed by atoms with Crippen LogP contribution < -0.4 is 10.2 Å². The molecule has 3 rings (SSSR count). The highest BCUT2D eigenvalue weighted by Crippen LogP contribution is 2.36. The van der Waals surface area contributed by atoms with Gasteiger partial charge in [-0.15, -0.1) is 0 Å². The molecule has 2 aliphatic rings. The van der Waals surface area contributed by atoms with Gasteiger partial charge in [0.15, 0.2) is 0 Å². The van der Waals surface area contributed by atoms with Crippen LogP contribution >= 0.6 is 0 Å². The molecule has 1 aliphatic heterocycles. The number of rotatable bonds is 2. The number of hydrogen-bond acceptors (Lipinski definition) is 2.